The Morgan fingerprint density at radius 3 is 1.68 bits per heavy atom. The summed E-state index contributed by atoms with van der Waals surface area (Å²) >= 11 is 5.97. The molecule has 0 spiro atoms. The minimum atomic E-state index is -0.567. The van der Waals surface area contributed by atoms with E-state index in [-0.39, 0.29) is 11.1 Å². The van der Waals surface area contributed by atoms with Crippen LogP contribution in [0.4, 0.5) is 0 Å². The van der Waals surface area contributed by atoms with Crippen LogP contribution in [-0.2, 0) is 9.59 Å². The van der Waals surface area contributed by atoms with Crippen LogP contribution in [0.1, 0.15) is 13.8 Å². The second kappa shape index (κ2) is 9.41. The van der Waals surface area contributed by atoms with E-state index in [2.05, 4.69) is 13.2 Å². The molecule has 0 aliphatic rings. The predicted octanol–water partition coefficient (Wildman–Crippen LogP) is 7.40. The molecule has 34 heavy (non-hydrogen) atoms. The van der Waals surface area contributed by atoms with Gasteiger partial charge in [-0.15, -0.1) is 0 Å². The van der Waals surface area contributed by atoms with Crippen LogP contribution in [0.3, 0.4) is 0 Å². The van der Waals surface area contributed by atoms with Crippen LogP contribution in [0.15, 0.2) is 91.0 Å². The summed E-state index contributed by atoms with van der Waals surface area (Å²) in [6, 6.07) is 19.4. The summed E-state index contributed by atoms with van der Waals surface area (Å²) in [5.41, 5.74) is 0.515. The first-order valence-corrected chi connectivity index (χ1v) is 10.8. The largest absolute Gasteiger partial charge is 0.457 e. The molecule has 0 bridgehead atoms. The highest BCUT2D eigenvalue weighted by Crippen LogP contribution is 2.44. The molecule has 5 nitrogen and oxygen atoms in total. The summed E-state index contributed by atoms with van der Waals surface area (Å²) in [4.78, 5) is 24.9. The van der Waals surface area contributed by atoms with E-state index in [1.807, 2.05) is 12.1 Å². The first-order valence-electron chi connectivity index (χ1n) is 10.4. The van der Waals surface area contributed by atoms with E-state index in [9.17, 15) is 9.59 Å². The monoisotopic (exact) mass is 472 g/mol. The Labute approximate surface area is 201 Å². The number of fused-ring (bicyclic) bond motifs is 2. The molecule has 0 unspecified atom stereocenters. The Hall–Kier alpha value is -4.09. The molecule has 6 heteroatoms. The number of hydrogen-bond donors (Lipinski definition) is 0. The van der Waals surface area contributed by atoms with Crippen LogP contribution < -0.4 is 14.2 Å². The number of halogens is 1. The van der Waals surface area contributed by atoms with Gasteiger partial charge in [-0.05, 0) is 56.3 Å². The van der Waals surface area contributed by atoms with Gasteiger partial charge in [-0.3, -0.25) is 0 Å². The van der Waals surface area contributed by atoms with Crippen molar-refractivity contribution in [2.24, 2.45) is 0 Å². The van der Waals surface area contributed by atoms with Gasteiger partial charge in [0.25, 0.3) is 0 Å². The van der Waals surface area contributed by atoms with Gasteiger partial charge in [-0.25, -0.2) is 9.59 Å². The highest BCUT2D eigenvalue weighted by Gasteiger charge is 2.21. The van der Waals surface area contributed by atoms with Crippen LogP contribution in [0.2, 0.25) is 5.02 Å². The van der Waals surface area contributed by atoms with Crippen LogP contribution >= 0.6 is 11.6 Å². The van der Waals surface area contributed by atoms with Crippen LogP contribution in [0.5, 0.6) is 23.0 Å². The smallest absolute Gasteiger partial charge is 0.338 e. The van der Waals surface area contributed by atoms with Crippen LogP contribution in [0, 0.1) is 0 Å². The first kappa shape index (κ1) is 23.1. The number of esters is 2. The lowest BCUT2D eigenvalue weighted by Gasteiger charge is -2.17. The number of ether oxygens (including phenoxy) is 3. The van der Waals surface area contributed by atoms with Crippen molar-refractivity contribution in [2.45, 2.75) is 13.8 Å². The zero-order valence-electron chi connectivity index (χ0n) is 18.7. The fraction of sp³-hybridized carbons (Fsp3) is 0.0714. The Balaban J connectivity index is 1.96. The van der Waals surface area contributed by atoms with Gasteiger partial charge >= 0.3 is 11.9 Å². The second-order valence-corrected chi connectivity index (χ2v) is 8.24. The topological polar surface area (TPSA) is 61.8 Å². The van der Waals surface area contributed by atoms with E-state index < -0.39 is 11.9 Å². The van der Waals surface area contributed by atoms with E-state index in [0.29, 0.717) is 49.6 Å². The summed E-state index contributed by atoms with van der Waals surface area (Å²) in [5, 5.41) is 2.90. The minimum Gasteiger partial charge on any atom is -0.457 e. The molecule has 0 radical (unpaired) electrons. The van der Waals surface area contributed by atoms with Gasteiger partial charge in [0.2, 0.25) is 0 Å². The Kier molecular flexibility index (Phi) is 6.39. The molecule has 4 aromatic rings. The third-order valence-electron chi connectivity index (χ3n) is 5.03. The predicted molar refractivity (Wildman–Crippen MR) is 134 cm³/mol. The lowest BCUT2D eigenvalue weighted by atomic mass is 10.00. The van der Waals surface area contributed by atoms with Gasteiger partial charge in [0.15, 0.2) is 0 Å². The normalized spacial score (nSPS) is 10.7. The quantitative estimate of drug-likeness (QED) is 0.126. The summed E-state index contributed by atoms with van der Waals surface area (Å²) in [6.07, 6.45) is 0. The van der Waals surface area contributed by atoms with Crippen LogP contribution in [-0.4, -0.2) is 11.9 Å². The molecule has 170 valence electrons. The molecule has 0 amide bonds. The van der Waals surface area contributed by atoms with Crippen molar-refractivity contribution >= 4 is 45.1 Å². The van der Waals surface area contributed by atoms with Crippen molar-refractivity contribution in [3.63, 3.8) is 0 Å². The molecule has 0 saturated carbocycles. The summed E-state index contributed by atoms with van der Waals surface area (Å²) in [6.45, 7) is 10.5. The molecular formula is C28H21ClO5. The van der Waals surface area contributed by atoms with Gasteiger partial charge in [-0.2, -0.15) is 0 Å². The number of carbonyl (C=O) groups is 2. The van der Waals surface area contributed by atoms with E-state index in [4.69, 9.17) is 25.8 Å². The number of rotatable bonds is 6. The molecule has 0 aromatic heterocycles. The van der Waals surface area contributed by atoms with E-state index in [1.54, 1.807) is 68.4 Å². The van der Waals surface area contributed by atoms with Crippen molar-refractivity contribution in [1.82, 2.24) is 0 Å². The van der Waals surface area contributed by atoms with Gasteiger partial charge < -0.3 is 14.2 Å². The zero-order valence-corrected chi connectivity index (χ0v) is 19.4. The third-order valence-corrected chi connectivity index (χ3v) is 5.28. The maximum Gasteiger partial charge on any atom is 0.338 e. The highest BCUT2D eigenvalue weighted by molar-refractivity contribution is 6.30. The molecule has 0 saturated heterocycles. The van der Waals surface area contributed by atoms with Gasteiger partial charge in [-0.1, -0.05) is 49.0 Å². The number of benzene rings is 4. The van der Waals surface area contributed by atoms with Crippen molar-refractivity contribution in [3.8, 4) is 23.0 Å². The fourth-order valence-corrected chi connectivity index (χ4v) is 3.49. The van der Waals surface area contributed by atoms with Crippen molar-refractivity contribution in [1.29, 1.82) is 0 Å². The van der Waals surface area contributed by atoms with Crippen molar-refractivity contribution in [3.05, 3.63) is 96.1 Å². The summed E-state index contributed by atoms with van der Waals surface area (Å²) in [7, 11) is 0. The maximum atomic E-state index is 12.5. The lowest BCUT2D eigenvalue weighted by Crippen LogP contribution is -2.11. The fourth-order valence-electron chi connectivity index (χ4n) is 3.36. The molecule has 0 aliphatic heterocycles. The van der Waals surface area contributed by atoms with Crippen molar-refractivity contribution < 1.29 is 23.8 Å². The Morgan fingerprint density at radius 2 is 1.15 bits per heavy atom. The molecule has 0 N–H and O–H groups in total. The minimum absolute atomic E-state index is 0.253. The molecule has 0 heterocycles. The molecule has 0 aliphatic carbocycles. The lowest BCUT2D eigenvalue weighted by molar-refractivity contribution is -0.130. The van der Waals surface area contributed by atoms with E-state index in [0.717, 1.165) is 0 Å². The third kappa shape index (κ3) is 4.65. The zero-order chi connectivity index (χ0) is 24.4. The summed E-state index contributed by atoms with van der Waals surface area (Å²) < 4.78 is 17.5. The van der Waals surface area contributed by atoms with E-state index >= 15 is 0 Å². The number of hydrogen-bond acceptors (Lipinski definition) is 5. The molecular weight excluding hydrogens is 452 g/mol. The molecule has 0 atom stereocenters. The molecule has 0 fully saturated rings. The van der Waals surface area contributed by atoms with Gasteiger partial charge in [0.05, 0.1) is 0 Å². The van der Waals surface area contributed by atoms with Gasteiger partial charge in [0.1, 0.15) is 23.0 Å². The molecule has 4 aromatic carbocycles. The van der Waals surface area contributed by atoms with Crippen LogP contribution in [0.25, 0.3) is 21.5 Å². The second-order valence-electron chi connectivity index (χ2n) is 7.81. The van der Waals surface area contributed by atoms with Gasteiger partial charge in [0, 0.05) is 37.7 Å². The Morgan fingerprint density at radius 1 is 0.676 bits per heavy atom. The first-order chi connectivity index (χ1) is 16.2. The average molecular weight is 473 g/mol. The summed E-state index contributed by atoms with van der Waals surface area (Å²) in [5.74, 6) is 0.609. The number of carbonyl (C=O) groups excluding carboxylic acids is 2. The van der Waals surface area contributed by atoms with Crippen molar-refractivity contribution in [2.75, 3.05) is 0 Å². The van der Waals surface area contributed by atoms with E-state index in [1.165, 1.54) is 0 Å². The maximum absolute atomic E-state index is 12.5. The molecule has 4 rings (SSSR count). The Bertz CT molecular complexity index is 1470. The SMILES string of the molecule is C=C(C)C(=O)Oc1c2ccccc2c(OC(=O)C(=C)C)c2cc(Oc3ccc(Cl)cc3)ccc12. The highest BCUT2D eigenvalue weighted by atomic mass is 35.5. The standard InChI is InChI=1S/C28H21ClO5/c1-16(2)27(30)33-25-21-7-5-6-8-22(21)26(34-28(31)17(3)4)24-15-20(13-14-23(24)25)32-19-11-9-18(29)10-12-19/h5-15H,1,3H2,2,4H3. The average Bonchev–Trinajstić information content (AvgIpc) is 2.82.